The van der Waals surface area contributed by atoms with Crippen LogP contribution in [0.25, 0.3) is 0 Å². The Morgan fingerprint density at radius 1 is 1.47 bits per heavy atom. The van der Waals surface area contributed by atoms with Crippen molar-refractivity contribution < 1.29 is 0 Å². The van der Waals surface area contributed by atoms with Crippen LogP contribution in [0.3, 0.4) is 0 Å². The summed E-state index contributed by atoms with van der Waals surface area (Å²) in [4.78, 5) is 2.66. The molecule has 0 aromatic heterocycles. The summed E-state index contributed by atoms with van der Waals surface area (Å²) in [6.45, 7) is 9.77. The number of nitrogens with zero attached hydrogens (tertiary/aromatic N) is 1. The molecule has 15 heavy (non-hydrogen) atoms. The Morgan fingerprint density at radius 3 is 2.93 bits per heavy atom. The average molecular weight is 210 g/mol. The maximum absolute atomic E-state index is 3.99. The fraction of sp³-hybridized carbons (Fsp3) is 0.846. The first kappa shape index (κ1) is 12.7. The Kier molecular flexibility index (Phi) is 5.96. The standard InChI is InChI=1S/C13H26N2/c1-12(2)8-11-15-10-5-4-6-13(15)7-9-14-3/h13-14H,1,4-11H2,2-3H3. The Labute approximate surface area is 94.7 Å². The molecule has 0 bridgehead atoms. The summed E-state index contributed by atoms with van der Waals surface area (Å²) >= 11 is 0. The van der Waals surface area contributed by atoms with Crippen LogP contribution in [0, 0.1) is 0 Å². The van der Waals surface area contributed by atoms with Crippen LogP contribution in [0.15, 0.2) is 12.2 Å². The van der Waals surface area contributed by atoms with E-state index >= 15 is 0 Å². The molecular formula is C13H26N2. The maximum atomic E-state index is 3.99. The molecule has 0 aromatic rings. The van der Waals surface area contributed by atoms with Crippen molar-refractivity contribution in [3.05, 3.63) is 12.2 Å². The van der Waals surface area contributed by atoms with Gasteiger partial charge >= 0.3 is 0 Å². The molecule has 0 radical (unpaired) electrons. The van der Waals surface area contributed by atoms with E-state index in [0.717, 1.165) is 19.0 Å². The summed E-state index contributed by atoms with van der Waals surface area (Å²) in [7, 11) is 2.04. The Bertz CT molecular complexity index is 189. The lowest BCUT2D eigenvalue weighted by molar-refractivity contribution is 0.142. The molecule has 0 amide bonds. The van der Waals surface area contributed by atoms with Crippen molar-refractivity contribution in [2.45, 2.75) is 45.1 Å². The van der Waals surface area contributed by atoms with Gasteiger partial charge in [-0.1, -0.05) is 12.0 Å². The van der Waals surface area contributed by atoms with E-state index in [9.17, 15) is 0 Å². The van der Waals surface area contributed by atoms with Crippen molar-refractivity contribution in [2.75, 3.05) is 26.7 Å². The van der Waals surface area contributed by atoms with Crippen LogP contribution in [-0.4, -0.2) is 37.6 Å². The minimum absolute atomic E-state index is 0.811. The first-order chi connectivity index (χ1) is 7.24. The molecule has 0 aromatic carbocycles. The summed E-state index contributed by atoms with van der Waals surface area (Å²) in [6.07, 6.45) is 6.64. The van der Waals surface area contributed by atoms with Gasteiger partial charge in [-0.3, -0.25) is 0 Å². The minimum Gasteiger partial charge on any atom is -0.320 e. The second kappa shape index (κ2) is 7.02. The average Bonchev–Trinajstić information content (AvgIpc) is 2.24. The van der Waals surface area contributed by atoms with Crippen LogP contribution in [0.5, 0.6) is 0 Å². The molecule has 1 atom stereocenters. The van der Waals surface area contributed by atoms with Crippen molar-refractivity contribution in [1.82, 2.24) is 10.2 Å². The Morgan fingerprint density at radius 2 is 2.27 bits per heavy atom. The van der Waals surface area contributed by atoms with Gasteiger partial charge in [-0.25, -0.2) is 0 Å². The molecule has 1 heterocycles. The molecule has 1 rings (SSSR count). The van der Waals surface area contributed by atoms with Gasteiger partial charge in [0.25, 0.3) is 0 Å². The second-order valence-electron chi connectivity index (χ2n) is 4.78. The molecule has 2 nitrogen and oxygen atoms in total. The number of piperidine rings is 1. The number of nitrogens with one attached hydrogen (secondary N) is 1. The monoisotopic (exact) mass is 210 g/mol. The fourth-order valence-electron chi connectivity index (χ4n) is 2.33. The van der Waals surface area contributed by atoms with Gasteiger partial charge in [-0.2, -0.15) is 0 Å². The van der Waals surface area contributed by atoms with Gasteiger partial charge in [0.1, 0.15) is 0 Å². The molecule has 1 saturated heterocycles. The van der Waals surface area contributed by atoms with Crippen LogP contribution in [0.4, 0.5) is 0 Å². The fourth-order valence-corrected chi connectivity index (χ4v) is 2.33. The lowest BCUT2D eigenvalue weighted by Crippen LogP contribution is -2.41. The molecule has 1 unspecified atom stereocenters. The Balaban J connectivity index is 2.32. The Hall–Kier alpha value is -0.340. The van der Waals surface area contributed by atoms with Crippen molar-refractivity contribution in [3.63, 3.8) is 0 Å². The van der Waals surface area contributed by atoms with E-state index in [1.165, 1.54) is 44.3 Å². The van der Waals surface area contributed by atoms with E-state index in [4.69, 9.17) is 0 Å². The molecule has 0 spiro atoms. The lowest BCUT2D eigenvalue weighted by Gasteiger charge is -2.36. The van der Waals surface area contributed by atoms with Gasteiger partial charge in [0, 0.05) is 12.6 Å². The highest BCUT2D eigenvalue weighted by molar-refractivity contribution is 4.90. The third-order valence-electron chi connectivity index (χ3n) is 3.30. The van der Waals surface area contributed by atoms with Crippen LogP contribution in [0.2, 0.25) is 0 Å². The van der Waals surface area contributed by atoms with E-state index in [1.54, 1.807) is 0 Å². The molecule has 88 valence electrons. The van der Waals surface area contributed by atoms with Crippen LogP contribution in [0.1, 0.15) is 39.0 Å². The molecule has 2 heteroatoms. The molecule has 1 aliphatic heterocycles. The number of hydrogen-bond donors (Lipinski definition) is 1. The van der Waals surface area contributed by atoms with Gasteiger partial charge in [0.2, 0.25) is 0 Å². The highest BCUT2D eigenvalue weighted by Crippen LogP contribution is 2.20. The minimum atomic E-state index is 0.811. The summed E-state index contributed by atoms with van der Waals surface area (Å²) in [5.74, 6) is 0. The molecule has 1 aliphatic rings. The molecule has 0 saturated carbocycles. The zero-order valence-electron chi connectivity index (χ0n) is 10.4. The van der Waals surface area contributed by atoms with Gasteiger partial charge in [-0.05, 0) is 52.7 Å². The smallest absolute Gasteiger partial charge is 0.0107 e. The zero-order valence-corrected chi connectivity index (χ0v) is 10.4. The van der Waals surface area contributed by atoms with Crippen molar-refractivity contribution >= 4 is 0 Å². The highest BCUT2D eigenvalue weighted by Gasteiger charge is 2.20. The topological polar surface area (TPSA) is 15.3 Å². The number of rotatable bonds is 6. The predicted octanol–water partition coefficient (Wildman–Crippen LogP) is 2.42. The third kappa shape index (κ3) is 4.80. The van der Waals surface area contributed by atoms with Gasteiger partial charge < -0.3 is 10.2 Å². The molecule has 1 fully saturated rings. The predicted molar refractivity (Wildman–Crippen MR) is 67.2 cm³/mol. The molecule has 1 N–H and O–H groups in total. The van der Waals surface area contributed by atoms with Gasteiger partial charge in [-0.15, -0.1) is 6.58 Å². The SMILES string of the molecule is C=C(C)CCN1CCCCC1CCNC. The van der Waals surface area contributed by atoms with E-state index in [-0.39, 0.29) is 0 Å². The molecular weight excluding hydrogens is 184 g/mol. The number of hydrogen-bond acceptors (Lipinski definition) is 2. The van der Waals surface area contributed by atoms with Gasteiger partial charge in [0.15, 0.2) is 0 Å². The highest BCUT2D eigenvalue weighted by atomic mass is 15.2. The van der Waals surface area contributed by atoms with Crippen LogP contribution in [-0.2, 0) is 0 Å². The zero-order chi connectivity index (χ0) is 11.1. The lowest BCUT2D eigenvalue weighted by atomic mass is 9.98. The maximum Gasteiger partial charge on any atom is 0.0107 e. The summed E-state index contributed by atoms with van der Waals surface area (Å²) in [5, 5.41) is 3.26. The summed E-state index contributed by atoms with van der Waals surface area (Å²) in [6, 6.07) is 0.811. The number of likely N-dealkylation sites (tertiary alicyclic amines) is 1. The van der Waals surface area contributed by atoms with E-state index in [2.05, 4.69) is 23.7 Å². The van der Waals surface area contributed by atoms with Crippen LogP contribution < -0.4 is 5.32 Å². The van der Waals surface area contributed by atoms with Crippen molar-refractivity contribution in [2.24, 2.45) is 0 Å². The van der Waals surface area contributed by atoms with E-state index in [1.807, 2.05) is 7.05 Å². The van der Waals surface area contributed by atoms with E-state index in [0.29, 0.717) is 0 Å². The normalized spacial score (nSPS) is 22.9. The first-order valence-electron chi connectivity index (χ1n) is 6.27. The van der Waals surface area contributed by atoms with E-state index < -0.39 is 0 Å². The molecule has 0 aliphatic carbocycles. The van der Waals surface area contributed by atoms with Gasteiger partial charge in [0.05, 0.1) is 0 Å². The second-order valence-corrected chi connectivity index (χ2v) is 4.78. The van der Waals surface area contributed by atoms with Crippen molar-refractivity contribution in [1.29, 1.82) is 0 Å². The third-order valence-corrected chi connectivity index (χ3v) is 3.30. The summed E-state index contributed by atoms with van der Waals surface area (Å²) < 4.78 is 0. The van der Waals surface area contributed by atoms with Crippen molar-refractivity contribution in [3.8, 4) is 0 Å². The quantitative estimate of drug-likeness (QED) is 0.677. The van der Waals surface area contributed by atoms with Crippen LogP contribution >= 0.6 is 0 Å². The summed E-state index contributed by atoms with van der Waals surface area (Å²) in [5.41, 5.74) is 1.31. The largest absolute Gasteiger partial charge is 0.320 e. The first-order valence-corrected chi connectivity index (χ1v) is 6.27.